The number of benzene rings is 2. The average Bonchev–Trinajstić information content (AvgIpc) is 3.36. The van der Waals surface area contributed by atoms with Gasteiger partial charge in [-0.2, -0.15) is 0 Å². The van der Waals surface area contributed by atoms with Crippen molar-refractivity contribution in [3.05, 3.63) is 42.0 Å². The summed E-state index contributed by atoms with van der Waals surface area (Å²) in [5.74, 6) is -4.40. The molecule has 12 nitrogen and oxygen atoms in total. The number of nitrogens with zero attached hydrogens (tertiary/aromatic N) is 3. The Kier molecular flexibility index (Phi) is 6.70. The summed E-state index contributed by atoms with van der Waals surface area (Å²) in [6.45, 7) is 0.00714. The zero-order valence-corrected chi connectivity index (χ0v) is 22.4. The number of alkyl halides is 3. The van der Waals surface area contributed by atoms with Crippen LogP contribution >= 0.6 is 11.3 Å². The number of carboxylic acid groups (broad SMARTS) is 1. The van der Waals surface area contributed by atoms with Crippen LogP contribution in [-0.2, 0) is 14.6 Å². The predicted molar refractivity (Wildman–Crippen MR) is 141 cm³/mol. The van der Waals surface area contributed by atoms with Crippen molar-refractivity contribution in [3.63, 3.8) is 0 Å². The van der Waals surface area contributed by atoms with Crippen LogP contribution in [0.2, 0.25) is 0 Å². The second-order valence-electron chi connectivity index (χ2n) is 9.30. The molecule has 0 saturated carbocycles. The molecule has 40 heavy (non-hydrogen) atoms. The molecule has 17 heteroatoms. The zero-order chi connectivity index (χ0) is 29.0. The molecule has 1 fully saturated rings. The van der Waals surface area contributed by atoms with Gasteiger partial charge >= 0.3 is 12.3 Å². The third kappa shape index (κ3) is 5.18. The van der Waals surface area contributed by atoms with E-state index in [1.165, 1.54) is 24.3 Å². The first kappa shape index (κ1) is 27.7. The number of fused-ring (bicyclic) bond motifs is 2. The van der Waals surface area contributed by atoms with Crippen molar-refractivity contribution < 1.29 is 41.0 Å². The molecule has 0 aliphatic carbocycles. The number of aromatic nitrogens is 1. The summed E-state index contributed by atoms with van der Waals surface area (Å²) in [7, 11) is -1.68. The number of ether oxygens (including phenoxy) is 1. The Morgan fingerprint density at radius 3 is 2.55 bits per heavy atom. The summed E-state index contributed by atoms with van der Waals surface area (Å²) in [6, 6.07) is 6.78. The SMILES string of the molecule is CN1c2ccc(C(=O)O)cc2NC1(Nc1nc2ccc(OC(F)(F)F)cc2s1)C(C(N)=O)N1CCS(=O)(=O)CC1. The van der Waals surface area contributed by atoms with Gasteiger partial charge < -0.3 is 31.1 Å². The van der Waals surface area contributed by atoms with Crippen LogP contribution in [0.25, 0.3) is 10.2 Å². The summed E-state index contributed by atoms with van der Waals surface area (Å²) in [6.07, 6.45) is -4.88. The molecule has 0 spiro atoms. The second kappa shape index (κ2) is 9.67. The molecule has 3 aromatic rings. The lowest BCUT2D eigenvalue weighted by atomic mass is 10.1. The Labute approximate surface area is 229 Å². The smallest absolute Gasteiger partial charge is 0.478 e. The lowest BCUT2D eigenvalue weighted by molar-refractivity contribution is -0.274. The first-order chi connectivity index (χ1) is 18.7. The molecule has 5 N–H and O–H groups in total. The molecule has 214 valence electrons. The molecule has 2 aliphatic heterocycles. The molecule has 2 aliphatic rings. The van der Waals surface area contributed by atoms with Crippen LogP contribution in [0.5, 0.6) is 5.75 Å². The van der Waals surface area contributed by atoms with E-state index in [1.807, 2.05) is 0 Å². The van der Waals surface area contributed by atoms with Crippen LogP contribution in [0.4, 0.5) is 29.7 Å². The van der Waals surface area contributed by atoms with Gasteiger partial charge in [-0.05, 0) is 30.3 Å². The number of carbonyl (C=O) groups is 2. The van der Waals surface area contributed by atoms with Crippen molar-refractivity contribution >= 4 is 59.8 Å². The third-order valence-corrected chi connectivity index (χ3v) is 9.30. The van der Waals surface area contributed by atoms with Gasteiger partial charge in [0.1, 0.15) is 5.75 Å². The standard InChI is InChI=1S/C23H23F3N6O6S2/c1-31-16-5-2-12(20(34)35)10-15(16)29-22(31,18(19(27)33)32-6-8-40(36,37)9-7-32)30-21-28-14-4-3-13(11-17(14)39-21)38-23(24,25)26/h2-5,10-11,18,29H,6-9H2,1H3,(H2,27,33)(H,28,30)(H,34,35). The minimum atomic E-state index is -4.88. The van der Waals surface area contributed by atoms with Crippen LogP contribution in [0, 0.1) is 0 Å². The maximum absolute atomic E-state index is 13.1. The van der Waals surface area contributed by atoms with Crippen molar-refractivity contribution in [2.24, 2.45) is 5.73 Å². The molecular weight excluding hydrogens is 577 g/mol. The Balaban J connectivity index is 1.58. The molecule has 0 bridgehead atoms. The highest BCUT2D eigenvalue weighted by Gasteiger charge is 2.54. The van der Waals surface area contributed by atoms with Crippen LogP contribution in [0.1, 0.15) is 10.4 Å². The van der Waals surface area contributed by atoms with Gasteiger partial charge in [0.05, 0.1) is 38.7 Å². The maximum atomic E-state index is 13.1. The molecule has 1 aromatic heterocycles. The normalized spacial score (nSPS) is 21.4. The number of nitrogens with one attached hydrogen (secondary N) is 2. The van der Waals surface area contributed by atoms with E-state index in [0.717, 1.165) is 17.4 Å². The Bertz CT molecular complexity index is 1600. The number of anilines is 3. The fourth-order valence-electron chi connectivity index (χ4n) is 4.93. The molecule has 0 radical (unpaired) electrons. The topological polar surface area (TPSA) is 167 Å². The molecule has 5 rings (SSSR count). The summed E-state index contributed by atoms with van der Waals surface area (Å²) in [4.78, 5) is 32.4. The van der Waals surface area contributed by atoms with E-state index >= 15 is 0 Å². The van der Waals surface area contributed by atoms with Crippen molar-refractivity contribution in [1.82, 2.24) is 9.88 Å². The van der Waals surface area contributed by atoms with Crippen LogP contribution in [0.15, 0.2) is 36.4 Å². The summed E-state index contributed by atoms with van der Waals surface area (Å²) < 4.78 is 66.7. The lowest BCUT2D eigenvalue weighted by Crippen LogP contribution is -2.72. The number of primary amides is 1. The van der Waals surface area contributed by atoms with Gasteiger partial charge in [0.25, 0.3) is 0 Å². The van der Waals surface area contributed by atoms with Gasteiger partial charge in [-0.1, -0.05) is 11.3 Å². The highest BCUT2D eigenvalue weighted by molar-refractivity contribution is 7.91. The van der Waals surface area contributed by atoms with Crippen LogP contribution < -0.4 is 26.0 Å². The third-order valence-electron chi connectivity index (χ3n) is 6.76. The van der Waals surface area contributed by atoms with E-state index < -0.39 is 45.7 Å². The van der Waals surface area contributed by atoms with Gasteiger partial charge in [0.2, 0.25) is 11.7 Å². The predicted octanol–water partition coefficient (Wildman–Crippen LogP) is 2.10. The first-order valence-corrected chi connectivity index (χ1v) is 14.4. The van der Waals surface area contributed by atoms with Crippen molar-refractivity contribution in [3.8, 4) is 5.75 Å². The van der Waals surface area contributed by atoms with Crippen LogP contribution in [0.3, 0.4) is 0 Å². The number of halogens is 3. The second-order valence-corrected chi connectivity index (χ2v) is 12.6. The lowest BCUT2D eigenvalue weighted by Gasteiger charge is -2.47. The van der Waals surface area contributed by atoms with E-state index in [4.69, 9.17) is 5.73 Å². The van der Waals surface area contributed by atoms with Gasteiger partial charge in [0, 0.05) is 26.2 Å². The van der Waals surface area contributed by atoms with Crippen LogP contribution in [-0.4, -0.2) is 85.1 Å². The Morgan fingerprint density at radius 2 is 1.93 bits per heavy atom. The molecule has 2 unspecified atom stereocenters. The largest absolute Gasteiger partial charge is 0.573 e. The maximum Gasteiger partial charge on any atom is 0.573 e. The van der Waals surface area contributed by atoms with E-state index in [1.54, 1.807) is 22.9 Å². The van der Waals surface area contributed by atoms with Gasteiger partial charge in [-0.3, -0.25) is 9.69 Å². The number of carboxylic acids is 1. The number of aromatic carboxylic acids is 1. The molecule has 1 saturated heterocycles. The Hall–Kier alpha value is -3.83. The highest BCUT2D eigenvalue weighted by Crippen LogP contribution is 2.44. The van der Waals surface area contributed by atoms with Gasteiger partial charge in [0.15, 0.2) is 21.0 Å². The fourth-order valence-corrected chi connectivity index (χ4v) is 7.11. The fraction of sp³-hybridized carbons (Fsp3) is 0.348. The molecule has 2 atom stereocenters. The molecule has 2 aromatic carbocycles. The number of carbonyl (C=O) groups excluding carboxylic acids is 1. The minimum absolute atomic E-state index is 0.00357. The number of hydrogen-bond acceptors (Lipinski definition) is 11. The summed E-state index contributed by atoms with van der Waals surface area (Å²) in [5, 5.41) is 16.0. The summed E-state index contributed by atoms with van der Waals surface area (Å²) in [5.41, 5.74) is 7.11. The zero-order valence-electron chi connectivity index (χ0n) is 20.7. The first-order valence-electron chi connectivity index (χ1n) is 11.8. The van der Waals surface area contributed by atoms with E-state index in [-0.39, 0.29) is 35.3 Å². The van der Waals surface area contributed by atoms with E-state index in [9.17, 15) is 36.3 Å². The monoisotopic (exact) mass is 600 g/mol. The van der Waals surface area contributed by atoms with E-state index in [0.29, 0.717) is 21.6 Å². The summed E-state index contributed by atoms with van der Waals surface area (Å²) >= 11 is 0.990. The number of likely N-dealkylation sites (N-methyl/N-ethyl adjacent to an activating group) is 1. The van der Waals surface area contributed by atoms with Crippen molar-refractivity contribution in [1.29, 1.82) is 0 Å². The quantitative estimate of drug-likeness (QED) is 0.314. The number of hydrogen-bond donors (Lipinski definition) is 4. The minimum Gasteiger partial charge on any atom is -0.478 e. The van der Waals surface area contributed by atoms with Crippen molar-refractivity contribution in [2.45, 2.75) is 18.2 Å². The highest BCUT2D eigenvalue weighted by atomic mass is 32.2. The number of rotatable bonds is 7. The number of amides is 1. The number of thiazole rings is 1. The molecule has 1 amide bonds. The van der Waals surface area contributed by atoms with Gasteiger partial charge in [-0.15, -0.1) is 13.2 Å². The Morgan fingerprint density at radius 1 is 1.23 bits per heavy atom. The number of sulfone groups is 1. The average molecular weight is 601 g/mol. The number of nitrogens with two attached hydrogens (primary N) is 1. The van der Waals surface area contributed by atoms with E-state index in [2.05, 4.69) is 20.4 Å². The van der Waals surface area contributed by atoms with Gasteiger partial charge in [-0.25, -0.2) is 18.2 Å². The molecule has 3 heterocycles. The van der Waals surface area contributed by atoms with Crippen molar-refractivity contribution in [2.75, 3.05) is 47.2 Å². The molecular formula is C23H23F3N6O6S2.